The van der Waals surface area contributed by atoms with E-state index in [-0.39, 0.29) is 11.1 Å². The molecule has 1 aromatic carbocycles. The van der Waals surface area contributed by atoms with Crippen molar-refractivity contribution >= 4 is 50.7 Å². The van der Waals surface area contributed by atoms with Gasteiger partial charge in [0.15, 0.2) is 0 Å². The van der Waals surface area contributed by atoms with Crippen LogP contribution in [0, 0.1) is 5.92 Å². The topological polar surface area (TPSA) is 51.0 Å². The molecule has 2 rings (SSSR count). The summed E-state index contributed by atoms with van der Waals surface area (Å²) in [4.78, 5) is 20.5. The van der Waals surface area contributed by atoms with E-state index in [1.54, 1.807) is 13.8 Å². The Bertz CT molecular complexity index is 608. The Morgan fingerprint density at radius 3 is 2.60 bits per heavy atom. The molecular weight excluding hydrogens is 340 g/mol. The van der Waals surface area contributed by atoms with Gasteiger partial charge < -0.3 is 4.74 Å². The maximum atomic E-state index is 12.1. The Morgan fingerprint density at radius 2 is 2.00 bits per heavy atom. The molecule has 1 aliphatic rings. The number of thiocarbonyl (C=S) groups is 1. The van der Waals surface area contributed by atoms with Crippen molar-refractivity contribution in [1.29, 1.82) is 0 Å². The lowest BCUT2D eigenvalue weighted by Gasteiger charge is -2.21. The standard InChI is InChI=1S/C14H13BrN2O2S/c1-3-19-13(18)11-8(2)16-14(20)17-12(11)9-4-6-10(15)7-5-9/h4-7,11H,3H2,1-2H3. The number of rotatable bonds is 3. The van der Waals surface area contributed by atoms with Crippen LogP contribution in [0.4, 0.5) is 0 Å². The predicted octanol–water partition coefficient (Wildman–Crippen LogP) is 3.18. The van der Waals surface area contributed by atoms with Crippen LogP contribution >= 0.6 is 28.1 Å². The number of halogens is 1. The minimum Gasteiger partial charge on any atom is -0.465 e. The van der Waals surface area contributed by atoms with E-state index in [0.29, 0.717) is 18.0 Å². The molecule has 0 saturated carbocycles. The molecule has 20 heavy (non-hydrogen) atoms. The summed E-state index contributed by atoms with van der Waals surface area (Å²) in [7, 11) is 0. The Labute approximate surface area is 131 Å². The third kappa shape index (κ3) is 3.19. The molecule has 0 N–H and O–H groups in total. The Balaban J connectivity index is 2.43. The Hall–Kier alpha value is -1.40. The zero-order chi connectivity index (χ0) is 14.7. The van der Waals surface area contributed by atoms with Crippen molar-refractivity contribution in [2.45, 2.75) is 13.8 Å². The molecule has 104 valence electrons. The molecule has 1 atom stereocenters. The first kappa shape index (κ1) is 15.0. The average Bonchev–Trinajstić information content (AvgIpc) is 2.38. The maximum absolute atomic E-state index is 12.1. The van der Waals surface area contributed by atoms with Crippen LogP contribution in [0.25, 0.3) is 0 Å². The van der Waals surface area contributed by atoms with Gasteiger partial charge in [0, 0.05) is 10.2 Å². The van der Waals surface area contributed by atoms with E-state index in [0.717, 1.165) is 10.0 Å². The second kappa shape index (κ2) is 6.37. The molecule has 0 spiro atoms. The molecule has 1 aromatic rings. The van der Waals surface area contributed by atoms with Crippen molar-refractivity contribution in [2.75, 3.05) is 6.61 Å². The zero-order valence-electron chi connectivity index (χ0n) is 11.1. The van der Waals surface area contributed by atoms with Crippen LogP contribution in [-0.4, -0.2) is 29.1 Å². The van der Waals surface area contributed by atoms with E-state index in [2.05, 4.69) is 25.9 Å². The average molecular weight is 353 g/mol. The number of benzene rings is 1. The van der Waals surface area contributed by atoms with E-state index < -0.39 is 5.92 Å². The van der Waals surface area contributed by atoms with Crippen LogP contribution in [0.3, 0.4) is 0 Å². The summed E-state index contributed by atoms with van der Waals surface area (Å²) in [5.41, 5.74) is 2.04. The lowest BCUT2D eigenvalue weighted by Crippen LogP contribution is -2.36. The number of aliphatic imine (C=N–C) groups is 2. The van der Waals surface area contributed by atoms with E-state index >= 15 is 0 Å². The fraction of sp³-hybridized carbons (Fsp3) is 0.286. The van der Waals surface area contributed by atoms with E-state index in [1.165, 1.54) is 0 Å². The highest BCUT2D eigenvalue weighted by Gasteiger charge is 2.32. The zero-order valence-corrected chi connectivity index (χ0v) is 13.5. The van der Waals surface area contributed by atoms with Crippen LogP contribution in [0.5, 0.6) is 0 Å². The fourth-order valence-corrected chi connectivity index (χ4v) is 2.47. The van der Waals surface area contributed by atoms with Gasteiger partial charge in [0.2, 0.25) is 5.11 Å². The lowest BCUT2D eigenvalue weighted by molar-refractivity contribution is -0.143. The third-order valence-electron chi connectivity index (χ3n) is 2.84. The third-order valence-corrected chi connectivity index (χ3v) is 3.55. The molecule has 4 nitrogen and oxygen atoms in total. The van der Waals surface area contributed by atoms with Crippen molar-refractivity contribution < 1.29 is 9.53 Å². The molecule has 0 saturated heterocycles. The fourth-order valence-electron chi connectivity index (χ4n) is 1.97. The smallest absolute Gasteiger partial charge is 0.320 e. The first-order chi connectivity index (χ1) is 9.52. The second-order valence-corrected chi connectivity index (χ2v) is 5.51. The van der Waals surface area contributed by atoms with Crippen LogP contribution < -0.4 is 0 Å². The summed E-state index contributed by atoms with van der Waals surface area (Å²) in [6.45, 7) is 3.86. The monoisotopic (exact) mass is 352 g/mol. The molecule has 1 unspecified atom stereocenters. The summed E-state index contributed by atoms with van der Waals surface area (Å²) in [6.07, 6.45) is 0. The SMILES string of the molecule is CCOC(=O)C1C(C)=NC(=S)N=C1c1ccc(Br)cc1. The van der Waals surface area contributed by atoms with Crippen LogP contribution in [-0.2, 0) is 9.53 Å². The number of hydrogen-bond acceptors (Lipinski definition) is 3. The number of esters is 1. The minimum absolute atomic E-state index is 0.237. The molecule has 1 heterocycles. The van der Waals surface area contributed by atoms with Gasteiger partial charge in [-0.1, -0.05) is 28.1 Å². The van der Waals surface area contributed by atoms with Crippen LogP contribution in [0.15, 0.2) is 38.7 Å². The van der Waals surface area contributed by atoms with Gasteiger partial charge in [0.05, 0.1) is 12.3 Å². The number of ether oxygens (including phenoxy) is 1. The van der Waals surface area contributed by atoms with Crippen molar-refractivity contribution in [3.8, 4) is 0 Å². The van der Waals surface area contributed by atoms with Gasteiger partial charge in [0.1, 0.15) is 5.92 Å². The van der Waals surface area contributed by atoms with Crippen molar-refractivity contribution in [3.05, 3.63) is 34.3 Å². The molecule has 0 bridgehead atoms. The van der Waals surface area contributed by atoms with Crippen LogP contribution in [0.2, 0.25) is 0 Å². The molecule has 0 aromatic heterocycles. The number of carbonyl (C=O) groups is 1. The Kier molecular flexibility index (Phi) is 4.77. The van der Waals surface area contributed by atoms with Crippen molar-refractivity contribution in [1.82, 2.24) is 0 Å². The first-order valence-corrected chi connectivity index (χ1v) is 7.33. The molecule has 0 amide bonds. The van der Waals surface area contributed by atoms with Crippen LogP contribution in [0.1, 0.15) is 19.4 Å². The highest BCUT2D eigenvalue weighted by atomic mass is 79.9. The molecular formula is C14H13BrN2O2S. The van der Waals surface area contributed by atoms with Gasteiger partial charge in [-0.3, -0.25) is 4.79 Å². The summed E-state index contributed by atoms with van der Waals surface area (Å²) in [5.74, 6) is -0.944. The molecule has 0 radical (unpaired) electrons. The van der Waals surface area contributed by atoms with Crippen molar-refractivity contribution in [2.24, 2.45) is 15.9 Å². The largest absolute Gasteiger partial charge is 0.465 e. The Morgan fingerprint density at radius 1 is 1.35 bits per heavy atom. The first-order valence-electron chi connectivity index (χ1n) is 6.13. The summed E-state index contributed by atoms with van der Waals surface area (Å²) in [6, 6.07) is 7.56. The van der Waals surface area contributed by atoms with Gasteiger partial charge in [-0.15, -0.1) is 0 Å². The number of hydrogen-bond donors (Lipinski definition) is 0. The molecule has 0 aliphatic carbocycles. The quantitative estimate of drug-likeness (QED) is 0.620. The minimum atomic E-state index is -0.595. The summed E-state index contributed by atoms with van der Waals surface area (Å²) >= 11 is 8.43. The lowest BCUT2D eigenvalue weighted by atomic mass is 9.92. The van der Waals surface area contributed by atoms with Gasteiger partial charge in [-0.25, -0.2) is 9.98 Å². The normalized spacial score (nSPS) is 18.4. The van der Waals surface area contributed by atoms with Gasteiger partial charge in [-0.2, -0.15) is 0 Å². The summed E-state index contributed by atoms with van der Waals surface area (Å²) in [5, 5.41) is 0.237. The molecule has 6 heteroatoms. The highest BCUT2D eigenvalue weighted by molar-refractivity contribution is 9.10. The number of carbonyl (C=O) groups excluding carboxylic acids is 1. The van der Waals surface area contributed by atoms with Gasteiger partial charge in [-0.05, 0) is 43.8 Å². The number of nitrogens with zero attached hydrogens (tertiary/aromatic N) is 2. The van der Waals surface area contributed by atoms with Gasteiger partial charge >= 0.3 is 5.97 Å². The predicted molar refractivity (Wildman–Crippen MR) is 86.5 cm³/mol. The summed E-state index contributed by atoms with van der Waals surface area (Å²) < 4.78 is 6.07. The molecule has 0 fully saturated rings. The van der Waals surface area contributed by atoms with E-state index in [4.69, 9.17) is 17.0 Å². The van der Waals surface area contributed by atoms with E-state index in [1.807, 2.05) is 24.3 Å². The van der Waals surface area contributed by atoms with Gasteiger partial charge in [0.25, 0.3) is 0 Å². The van der Waals surface area contributed by atoms with Crippen molar-refractivity contribution in [3.63, 3.8) is 0 Å². The molecule has 1 aliphatic heterocycles. The van der Waals surface area contributed by atoms with E-state index in [9.17, 15) is 4.79 Å². The highest BCUT2D eigenvalue weighted by Crippen LogP contribution is 2.20. The maximum Gasteiger partial charge on any atom is 0.320 e. The second-order valence-electron chi connectivity index (χ2n) is 4.22.